The van der Waals surface area contributed by atoms with Gasteiger partial charge in [0.05, 0.1) is 0 Å². The molecule has 0 aromatic heterocycles. The molecule has 0 N–H and O–H groups in total. The predicted molar refractivity (Wildman–Crippen MR) is 123 cm³/mol. The Bertz CT molecular complexity index is 786. The van der Waals surface area contributed by atoms with Gasteiger partial charge in [-0.1, -0.05) is 6.58 Å². The van der Waals surface area contributed by atoms with Crippen LogP contribution in [0.25, 0.3) is 0 Å². The third-order valence-electron chi connectivity index (χ3n) is 3.87. The van der Waals surface area contributed by atoms with Crippen molar-refractivity contribution >= 4 is 33.7 Å². The van der Waals surface area contributed by atoms with Crippen molar-refractivity contribution in [2.24, 2.45) is 0 Å². The van der Waals surface area contributed by atoms with E-state index in [1.807, 2.05) is 0 Å². The topological polar surface area (TPSA) is 81.7 Å². The monoisotopic (exact) mass is 610 g/mol. The van der Waals surface area contributed by atoms with Gasteiger partial charge in [-0.05, 0) is 20.8 Å². The van der Waals surface area contributed by atoms with Gasteiger partial charge in [-0.3, -0.25) is 0 Å². The fourth-order valence-electron chi connectivity index (χ4n) is 2.69. The van der Waals surface area contributed by atoms with Crippen LogP contribution >= 0.6 is 0 Å². The van der Waals surface area contributed by atoms with E-state index < -0.39 is 62.8 Å². The predicted octanol–water partition coefficient (Wildman–Crippen LogP) is 3.90. The summed E-state index contributed by atoms with van der Waals surface area (Å²) in [7, 11) is -3.30. The Morgan fingerprint density at radius 3 is 1.31 bits per heavy atom. The average molecular weight is 609 g/mol. The Kier molecular flexibility index (Phi) is 16.5. The molecule has 36 heavy (non-hydrogen) atoms. The van der Waals surface area contributed by atoms with Crippen LogP contribution in [0.5, 0.6) is 0 Å². The van der Waals surface area contributed by atoms with E-state index in [4.69, 9.17) is 29.0 Å². The van der Waals surface area contributed by atoms with Gasteiger partial charge in [-0.25, -0.2) is 4.79 Å². The van der Waals surface area contributed by atoms with Crippen molar-refractivity contribution in [3.63, 3.8) is 0 Å². The van der Waals surface area contributed by atoms with Gasteiger partial charge in [0.25, 0.3) is 0 Å². The second-order valence-electron chi connectivity index (χ2n) is 6.22. The van der Waals surface area contributed by atoms with Crippen molar-refractivity contribution in [1.29, 1.82) is 0 Å². The van der Waals surface area contributed by atoms with Crippen molar-refractivity contribution in [2.75, 3.05) is 39.6 Å². The second-order valence-corrected chi connectivity index (χ2v) is 13.5. The summed E-state index contributed by atoms with van der Waals surface area (Å²) in [5.41, 5.74) is 0. The van der Waals surface area contributed by atoms with Crippen molar-refractivity contribution in [3.05, 3.63) is 41.7 Å². The zero-order valence-corrected chi connectivity index (χ0v) is 24.3. The Balaban J connectivity index is 0.000000723. The molecule has 0 bridgehead atoms. The summed E-state index contributed by atoms with van der Waals surface area (Å²) in [6, 6.07) is 0. The van der Waals surface area contributed by atoms with Crippen LogP contribution in [0.4, 0.5) is 22.0 Å². The molecule has 0 spiro atoms. The van der Waals surface area contributed by atoms with E-state index >= 15 is 0 Å². The standard InChI is InChI=1S/C12H15F5GeO3.C9H18O5Si/c1-4-19-18(20-5-2,21-6-3)12-10(16)8(14)7(13)9(15)11(12)17;1-5-9(10)14-15(11-6-2,12-7-3)13-8-4/h4-6H2,1-3H3;5H,1,6-8H2,2-4H3. The molecule has 0 saturated carbocycles. The molecule has 1 aromatic rings. The van der Waals surface area contributed by atoms with Crippen molar-refractivity contribution < 1.29 is 55.7 Å². The molecule has 0 heterocycles. The number of carbonyl (C=O) groups excluding carboxylic acids is 1. The van der Waals surface area contributed by atoms with E-state index in [-0.39, 0.29) is 19.8 Å². The summed E-state index contributed by atoms with van der Waals surface area (Å²) in [4.78, 5) is 11.1. The van der Waals surface area contributed by atoms with Crippen molar-refractivity contribution in [2.45, 2.75) is 41.5 Å². The fraction of sp³-hybridized carbons (Fsp3) is 0.571. The first-order chi connectivity index (χ1) is 17.0. The molecule has 0 radical (unpaired) electrons. The first-order valence-electron chi connectivity index (χ1n) is 11.2. The maximum atomic E-state index is 14.0. The van der Waals surface area contributed by atoms with Crippen LogP contribution in [0.1, 0.15) is 41.5 Å². The van der Waals surface area contributed by atoms with Crippen molar-refractivity contribution in [3.8, 4) is 0 Å². The van der Waals surface area contributed by atoms with Crippen LogP contribution in [-0.2, 0) is 33.8 Å². The normalized spacial score (nSPS) is 11.6. The fourth-order valence-corrected chi connectivity index (χ4v) is 9.92. The summed E-state index contributed by atoms with van der Waals surface area (Å²) in [5.74, 6) is -10.9. The second kappa shape index (κ2) is 17.2. The quantitative estimate of drug-likeness (QED) is 0.0975. The molecular weight excluding hydrogens is 576 g/mol. The van der Waals surface area contributed by atoms with Crippen LogP contribution in [-0.4, -0.2) is 68.9 Å². The van der Waals surface area contributed by atoms with Gasteiger partial charge in [0.1, 0.15) is 0 Å². The van der Waals surface area contributed by atoms with Crippen LogP contribution in [0.3, 0.4) is 0 Å². The van der Waals surface area contributed by atoms with E-state index in [0.717, 1.165) is 6.08 Å². The van der Waals surface area contributed by atoms with Crippen LogP contribution < -0.4 is 4.40 Å². The number of rotatable bonds is 15. The van der Waals surface area contributed by atoms with Gasteiger partial charge in [0.2, 0.25) is 0 Å². The van der Waals surface area contributed by atoms with Gasteiger partial charge in [-0.2, -0.15) is 0 Å². The zero-order chi connectivity index (χ0) is 27.9. The average Bonchev–Trinajstić information content (AvgIpc) is 2.83. The SMILES string of the molecule is C=CC(=O)O[Si](OCC)(OCC)OCC.CC[O][Ge]([O]CC)([O]CC)[c]1c(F)c(F)c(F)c(F)c1F. The molecule has 0 saturated heterocycles. The maximum absolute atomic E-state index is 14.0. The summed E-state index contributed by atoms with van der Waals surface area (Å²) >= 11 is -4.85. The van der Waals surface area contributed by atoms with Crippen molar-refractivity contribution in [1.82, 2.24) is 0 Å². The minimum absolute atomic E-state index is 0.0561. The van der Waals surface area contributed by atoms with Crippen LogP contribution in [0, 0.1) is 29.1 Å². The zero-order valence-electron chi connectivity index (χ0n) is 21.2. The summed E-state index contributed by atoms with van der Waals surface area (Å²) < 4.78 is 103. The molecule has 1 aromatic carbocycles. The third-order valence-corrected chi connectivity index (χ3v) is 12.7. The molecule has 0 amide bonds. The number of halogens is 5. The molecule has 0 fully saturated rings. The number of carbonyl (C=O) groups is 1. The van der Waals surface area contributed by atoms with Crippen LogP contribution in [0.15, 0.2) is 12.7 Å². The van der Waals surface area contributed by atoms with Gasteiger partial charge in [0, 0.05) is 25.9 Å². The van der Waals surface area contributed by atoms with E-state index in [1.54, 1.807) is 20.8 Å². The van der Waals surface area contributed by atoms with Gasteiger partial charge < -0.3 is 17.7 Å². The van der Waals surface area contributed by atoms with Gasteiger partial charge in [0.15, 0.2) is 0 Å². The molecule has 0 aliphatic rings. The summed E-state index contributed by atoms with van der Waals surface area (Å²) in [5, 5.41) is 0. The Morgan fingerprint density at radius 2 is 1.03 bits per heavy atom. The molecule has 0 atom stereocenters. The van der Waals surface area contributed by atoms with E-state index in [0.29, 0.717) is 19.8 Å². The Labute approximate surface area is 212 Å². The molecule has 0 aliphatic heterocycles. The molecule has 0 unspecified atom stereocenters. The van der Waals surface area contributed by atoms with Crippen LogP contribution in [0.2, 0.25) is 0 Å². The van der Waals surface area contributed by atoms with E-state index in [9.17, 15) is 26.7 Å². The van der Waals surface area contributed by atoms with Gasteiger partial charge >= 0.3 is 137 Å². The minimum atomic E-state index is -4.85. The summed E-state index contributed by atoms with van der Waals surface area (Å²) in [6.45, 7) is 14.1. The molecule has 0 aliphatic carbocycles. The number of hydrogen-bond acceptors (Lipinski definition) is 8. The van der Waals surface area contributed by atoms with E-state index in [2.05, 4.69) is 6.58 Å². The first-order valence-corrected chi connectivity index (χ1v) is 16.5. The number of hydrogen-bond donors (Lipinski definition) is 0. The Morgan fingerprint density at radius 1 is 0.694 bits per heavy atom. The number of benzene rings is 1. The van der Waals surface area contributed by atoms with Gasteiger partial charge in [-0.15, -0.1) is 0 Å². The van der Waals surface area contributed by atoms with E-state index in [1.165, 1.54) is 20.8 Å². The first kappa shape index (κ1) is 34.6. The molecule has 208 valence electrons. The molecule has 1 rings (SSSR count). The molecule has 15 heteroatoms. The third kappa shape index (κ3) is 9.16. The molecule has 8 nitrogen and oxygen atoms in total. The molecular formula is C21H33F5GeO8Si. The summed E-state index contributed by atoms with van der Waals surface area (Å²) in [6.07, 6.45) is 1.05. The Hall–Kier alpha value is -1.40.